The molecule has 0 amide bonds. The summed E-state index contributed by atoms with van der Waals surface area (Å²) in [7, 11) is 0. The summed E-state index contributed by atoms with van der Waals surface area (Å²) in [5.41, 5.74) is -0.0130. The maximum Gasteiger partial charge on any atom is 0.0485 e. The van der Waals surface area contributed by atoms with Crippen LogP contribution >= 0.6 is 11.3 Å². The van der Waals surface area contributed by atoms with E-state index in [1.165, 1.54) is 15.0 Å². The van der Waals surface area contributed by atoms with E-state index < -0.39 is 0 Å². The number of hydrogen-bond donors (Lipinski definition) is 1. The molecule has 0 spiro atoms. The van der Waals surface area contributed by atoms with Crippen molar-refractivity contribution in [3.63, 3.8) is 0 Å². The maximum atomic E-state index is 9.23. The molecule has 0 radical (unpaired) electrons. The van der Waals surface area contributed by atoms with Crippen LogP contribution < -0.4 is 0 Å². The van der Waals surface area contributed by atoms with Crippen LogP contribution in [0.4, 0.5) is 0 Å². The molecule has 0 aliphatic carbocycles. The SMILES string of the molecule is CC(C)(CO)Cc1cc2ccccc2s1. The van der Waals surface area contributed by atoms with Gasteiger partial charge in [0.15, 0.2) is 0 Å². The molecule has 2 heteroatoms. The number of aliphatic hydroxyl groups excluding tert-OH is 1. The standard InChI is InChI=1S/C13H16OS/c1-13(2,9-14)8-11-7-10-5-3-4-6-12(10)15-11/h3-7,14H,8-9H2,1-2H3. The van der Waals surface area contributed by atoms with Gasteiger partial charge in [-0.2, -0.15) is 0 Å². The molecule has 0 bridgehead atoms. The fourth-order valence-corrected chi connectivity index (χ4v) is 2.97. The number of thiophene rings is 1. The molecule has 0 unspecified atom stereocenters. The first-order valence-corrected chi connectivity index (χ1v) is 6.01. The van der Waals surface area contributed by atoms with Crippen molar-refractivity contribution in [3.05, 3.63) is 35.2 Å². The highest BCUT2D eigenvalue weighted by atomic mass is 32.1. The normalized spacial score (nSPS) is 12.2. The van der Waals surface area contributed by atoms with Crippen LogP contribution in [0.25, 0.3) is 10.1 Å². The van der Waals surface area contributed by atoms with Crippen molar-refractivity contribution >= 4 is 21.4 Å². The zero-order chi connectivity index (χ0) is 10.9. The number of fused-ring (bicyclic) bond motifs is 1. The van der Waals surface area contributed by atoms with E-state index in [9.17, 15) is 5.11 Å². The van der Waals surface area contributed by atoms with Crippen LogP contribution in [0.15, 0.2) is 30.3 Å². The third-order valence-corrected chi connectivity index (χ3v) is 3.67. The van der Waals surface area contributed by atoms with E-state index >= 15 is 0 Å². The first-order chi connectivity index (χ1) is 7.11. The lowest BCUT2D eigenvalue weighted by Crippen LogP contribution is -2.18. The van der Waals surface area contributed by atoms with E-state index in [1.807, 2.05) is 11.3 Å². The summed E-state index contributed by atoms with van der Waals surface area (Å²) in [4.78, 5) is 1.36. The number of rotatable bonds is 3. The van der Waals surface area contributed by atoms with Gasteiger partial charge in [0.05, 0.1) is 0 Å². The average molecular weight is 220 g/mol. The van der Waals surface area contributed by atoms with Crippen molar-refractivity contribution < 1.29 is 5.11 Å². The summed E-state index contributed by atoms with van der Waals surface area (Å²) in [6, 6.07) is 10.7. The van der Waals surface area contributed by atoms with Gasteiger partial charge in [-0.15, -0.1) is 11.3 Å². The Morgan fingerprint density at radius 3 is 2.67 bits per heavy atom. The van der Waals surface area contributed by atoms with E-state index in [-0.39, 0.29) is 12.0 Å². The summed E-state index contributed by atoms with van der Waals surface area (Å²) in [5, 5.41) is 10.5. The molecule has 1 heterocycles. The van der Waals surface area contributed by atoms with E-state index in [0.29, 0.717) is 0 Å². The second-order valence-electron chi connectivity index (χ2n) is 4.75. The number of hydrogen-bond acceptors (Lipinski definition) is 2. The van der Waals surface area contributed by atoms with Crippen LogP contribution in [0.3, 0.4) is 0 Å². The van der Waals surface area contributed by atoms with Gasteiger partial charge < -0.3 is 5.11 Å². The van der Waals surface area contributed by atoms with Gasteiger partial charge in [0.1, 0.15) is 0 Å². The van der Waals surface area contributed by atoms with Crippen LogP contribution in [0.2, 0.25) is 0 Å². The molecular formula is C13H16OS. The Labute approximate surface area is 94.4 Å². The van der Waals surface area contributed by atoms with Crippen molar-refractivity contribution in [1.82, 2.24) is 0 Å². The van der Waals surface area contributed by atoms with E-state index in [2.05, 4.69) is 44.2 Å². The van der Waals surface area contributed by atoms with Gasteiger partial charge in [0, 0.05) is 16.2 Å². The maximum absolute atomic E-state index is 9.23. The van der Waals surface area contributed by atoms with Gasteiger partial charge in [0.25, 0.3) is 0 Å². The number of aliphatic hydroxyl groups is 1. The molecule has 1 nitrogen and oxygen atoms in total. The quantitative estimate of drug-likeness (QED) is 0.840. The zero-order valence-electron chi connectivity index (χ0n) is 9.16. The van der Waals surface area contributed by atoms with Crippen molar-refractivity contribution in [2.45, 2.75) is 20.3 Å². The Bertz CT molecular complexity index is 423. The largest absolute Gasteiger partial charge is 0.396 e. The molecule has 1 aromatic heterocycles. The number of benzene rings is 1. The van der Waals surface area contributed by atoms with Crippen LogP contribution in [-0.2, 0) is 6.42 Å². The molecule has 80 valence electrons. The topological polar surface area (TPSA) is 20.2 Å². The van der Waals surface area contributed by atoms with Crippen molar-refractivity contribution in [1.29, 1.82) is 0 Å². The fourth-order valence-electron chi connectivity index (χ4n) is 1.65. The molecule has 0 fully saturated rings. The lowest BCUT2D eigenvalue weighted by atomic mass is 9.90. The van der Waals surface area contributed by atoms with Crippen molar-refractivity contribution in [3.8, 4) is 0 Å². The highest BCUT2D eigenvalue weighted by molar-refractivity contribution is 7.19. The Balaban J connectivity index is 2.30. The second-order valence-corrected chi connectivity index (χ2v) is 5.92. The predicted octanol–water partition coefficient (Wildman–Crippen LogP) is 3.46. The minimum absolute atomic E-state index is 0.0130. The molecule has 0 saturated heterocycles. The monoisotopic (exact) mass is 220 g/mol. The van der Waals surface area contributed by atoms with Gasteiger partial charge in [-0.3, -0.25) is 0 Å². The highest BCUT2D eigenvalue weighted by Gasteiger charge is 2.18. The molecule has 0 saturated carbocycles. The van der Waals surface area contributed by atoms with Crippen LogP contribution in [0.1, 0.15) is 18.7 Å². The average Bonchev–Trinajstić information content (AvgIpc) is 2.58. The first kappa shape index (κ1) is 10.7. The van der Waals surface area contributed by atoms with Gasteiger partial charge in [0.2, 0.25) is 0 Å². The Kier molecular flexibility index (Phi) is 2.81. The minimum Gasteiger partial charge on any atom is -0.396 e. The van der Waals surface area contributed by atoms with Crippen LogP contribution in [-0.4, -0.2) is 11.7 Å². The van der Waals surface area contributed by atoms with Gasteiger partial charge in [-0.1, -0.05) is 32.0 Å². The van der Waals surface area contributed by atoms with Gasteiger partial charge >= 0.3 is 0 Å². The third kappa shape index (κ3) is 2.39. The molecule has 0 aliphatic heterocycles. The molecule has 1 N–H and O–H groups in total. The smallest absolute Gasteiger partial charge is 0.0485 e. The minimum atomic E-state index is -0.0130. The summed E-state index contributed by atoms with van der Waals surface area (Å²) < 4.78 is 1.33. The first-order valence-electron chi connectivity index (χ1n) is 5.19. The van der Waals surface area contributed by atoms with Gasteiger partial charge in [-0.25, -0.2) is 0 Å². The Hall–Kier alpha value is -0.860. The van der Waals surface area contributed by atoms with E-state index in [1.54, 1.807) is 0 Å². The predicted molar refractivity (Wildman–Crippen MR) is 66.4 cm³/mol. The highest BCUT2D eigenvalue weighted by Crippen LogP contribution is 2.30. The lowest BCUT2D eigenvalue weighted by Gasteiger charge is -2.19. The molecule has 2 aromatic rings. The van der Waals surface area contributed by atoms with E-state index in [4.69, 9.17) is 0 Å². The second kappa shape index (κ2) is 3.95. The Morgan fingerprint density at radius 1 is 1.27 bits per heavy atom. The molecule has 0 aliphatic rings. The molecular weight excluding hydrogens is 204 g/mol. The fraction of sp³-hybridized carbons (Fsp3) is 0.385. The van der Waals surface area contributed by atoms with E-state index in [0.717, 1.165) is 6.42 Å². The summed E-state index contributed by atoms with van der Waals surface area (Å²) >= 11 is 1.83. The lowest BCUT2D eigenvalue weighted by molar-refractivity contribution is 0.160. The zero-order valence-corrected chi connectivity index (χ0v) is 9.97. The van der Waals surface area contributed by atoms with Crippen molar-refractivity contribution in [2.24, 2.45) is 5.41 Å². The summed E-state index contributed by atoms with van der Waals surface area (Å²) in [6.07, 6.45) is 0.947. The van der Waals surface area contributed by atoms with Crippen molar-refractivity contribution in [2.75, 3.05) is 6.61 Å². The van der Waals surface area contributed by atoms with Gasteiger partial charge in [-0.05, 0) is 29.4 Å². The molecule has 2 rings (SSSR count). The summed E-state index contributed by atoms with van der Waals surface area (Å²) in [6.45, 7) is 4.43. The molecule has 15 heavy (non-hydrogen) atoms. The summed E-state index contributed by atoms with van der Waals surface area (Å²) in [5.74, 6) is 0. The molecule has 1 aromatic carbocycles. The Morgan fingerprint density at radius 2 is 2.00 bits per heavy atom. The van der Waals surface area contributed by atoms with Crippen LogP contribution in [0, 0.1) is 5.41 Å². The van der Waals surface area contributed by atoms with Crippen LogP contribution in [0.5, 0.6) is 0 Å². The molecule has 0 atom stereocenters. The third-order valence-electron chi connectivity index (χ3n) is 2.56.